The van der Waals surface area contributed by atoms with Gasteiger partial charge in [0.05, 0.1) is 10.9 Å². The summed E-state index contributed by atoms with van der Waals surface area (Å²) in [6.07, 6.45) is 2.22. The zero-order chi connectivity index (χ0) is 17.3. The first-order valence-corrected chi connectivity index (χ1v) is 9.26. The summed E-state index contributed by atoms with van der Waals surface area (Å²) < 4.78 is 2.49. The molecule has 5 rings (SSSR count). The molecule has 1 N–H and O–H groups in total. The molecule has 0 unspecified atom stereocenters. The number of nitrogens with zero attached hydrogens (tertiary/aromatic N) is 1. The summed E-state index contributed by atoms with van der Waals surface area (Å²) in [5.41, 5.74) is 6.44. The predicted octanol–water partition coefficient (Wildman–Crippen LogP) is 5.39. The Bertz CT molecular complexity index is 1200. The molecule has 0 aliphatic heterocycles. The van der Waals surface area contributed by atoms with Gasteiger partial charge in [0, 0.05) is 17.9 Å². The van der Waals surface area contributed by atoms with Crippen molar-refractivity contribution in [2.75, 3.05) is 0 Å². The molecule has 5 aromatic rings. The van der Waals surface area contributed by atoms with Crippen LogP contribution < -0.4 is 4.57 Å². The number of aromatic nitrogens is 2. The van der Waals surface area contributed by atoms with Crippen LogP contribution in [0.4, 0.5) is 0 Å². The molecule has 0 spiro atoms. The summed E-state index contributed by atoms with van der Waals surface area (Å²) in [7, 11) is 0. The summed E-state index contributed by atoms with van der Waals surface area (Å²) in [6.45, 7) is 1.01. The molecule has 0 bridgehead atoms. The quantitative estimate of drug-likeness (QED) is 0.424. The van der Waals surface area contributed by atoms with Gasteiger partial charge < -0.3 is 4.98 Å². The maximum atomic E-state index is 3.60. The molecule has 0 aliphatic rings. The molecule has 0 radical (unpaired) electrons. The minimum atomic E-state index is 1.01. The van der Waals surface area contributed by atoms with Crippen molar-refractivity contribution in [1.29, 1.82) is 0 Å². The summed E-state index contributed by atoms with van der Waals surface area (Å²) in [5.74, 6) is 0. The van der Waals surface area contributed by atoms with E-state index in [2.05, 4.69) is 94.5 Å². The normalized spacial score (nSPS) is 11.5. The van der Waals surface area contributed by atoms with Crippen molar-refractivity contribution in [3.8, 4) is 0 Å². The van der Waals surface area contributed by atoms with Gasteiger partial charge in [-0.05, 0) is 36.2 Å². The van der Waals surface area contributed by atoms with Gasteiger partial charge in [0.2, 0.25) is 11.0 Å². The fourth-order valence-electron chi connectivity index (χ4n) is 3.99. The molecule has 0 amide bonds. The first-order chi connectivity index (χ1) is 12.9. The molecular formula is C24H21N2+. The van der Waals surface area contributed by atoms with Crippen LogP contribution in [-0.2, 0) is 13.0 Å². The highest BCUT2D eigenvalue weighted by molar-refractivity contribution is 6.05. The van der Waals surface area contributed by atoms with Crippen LogP contribution in [0, 0.1) is 0 Å². The van der Waals surface area contributed by atoms with E-state index in [-0.39, 0.29) is 0 Å². The molecule has 0 saturated carbocycles. The summed E-state index contributed by atoms with van der Waals surface area (Å²) in [5, 5.41) is 2.58. The highest BCUT2D eigenvalue weighted by Crippen LogP contribution is 2.25. The standard InChI is InChI=1S/C24H20N2/c1-2-9-18(10-3-1)11-8-16-26-23-15-7-4-12-19(23)17-22-24(26)20-13-5-6-14-21(20)25-22/h1-7,9-10,12-15,17H,8,11,16H2/p+1. The number of benzene rings is 3. The van der Waals surface area contributed by atoms with E-state index in [9.17, 15) is 0 Å². The minimum absolute atomic E-state index is 1.01. The van der Waals surface area contributed by atoms with Crippen molar-refractivity contribution >= 4 is 32.8 Å². The van der Waals surface area contributed by atoms with E-state index >= 15 is 0 Å². The van der Waals surface area contributed by atoms with Crippen LogP contribution in [0.2, 0.25) is 0 Å². The number of fused-ring (bicyclic) bond motifs is 4. The third-order valence-electron chi connectivity index (χ3n) is 5.19. The van der Waals surface area contributed by atoms with Gasteiger partial charge in [-0.25, -0.2) is 0 Å². The number of H-pyrrole nitrogens is 1. The van der Waals surface area contributed by atoms with Crippen molar-refractivity contribution in [3.05, 3.63) is 90.5 Å². The predicted molar refractivity (Wildman–Crippen MR) is 108 cm³/mol. The van der Waals surface area contributed by atoms with Gasteiger partial charge >= 0.3 is 0 Å². The van der Waals surface area contributed by atoms with Crippen molar-refractivity contribution in [3.63, 3.8) is 0 Å². The van der Waals surface area contributed by atoms with Gasteiger partial charge in [-0.3, -0.25) is 0 Å². The molecule has 0 atom stereocenters. The maximum absolute atomic E-state index is 3.60. The Hall–Kier alpha value is -3.13. The van der Waals surface area contributed by atoms with Gasteiger partial charge in [-0.1, -0.05) is 54.6 Å². The largest absolute Gasteiger partial charge is 0.349 e. The monoisotopic (exact) mass is 337 g/mol. The lowest BCUT2D eigenvalue weighted by Crippen LogP contribution is -2.35. The molecule has 26 heavy (non-hydrogen) atoms. The number of hydrogen-bond donors (Lipinski definition) is 1. The molecule has 2 heterocycles. The second-order valence-corrected chi connectivity index (χ2v) is 6.88. The Morgan fingerprint density at radius 3 is 2.42 bits per heavy atom. The smallest absolute Gasteiger partial charge is 0.238 e. The molecule has 2 aromatic heterocycles. The van der Waals surface area contributed by atoms with Gasteiger partial charge in [-0.15, -0.1) is 0 Å². The Morgan fingerprint density at radius 1 is 0.731 bits per heavy atom. The van der Waals surface area contributed by atoms with Crippen molar-refractivity contribution in [2.24, 2.45) is 0 Å². The highest BCUT2D eigenvalue weighted by atomic mass is 15.0. The van der Waals surface area contributed by atoms with Crippen molar-refractivity contribution in [2.45, 2.75) is 19.4 Å². The lowest BCUT2D eigenvalue weighted by Gasteiger charge is -2.05. The molecular weight excluding hydrogens is 316 g/mol. The topological polar surface area (TPSA) is 19.7 Å². The van der Waals surface area contributed by atoms with Gasteiger partial charge in [0.25, 0.3) is 0 Å². The summed E-state index contributed by atoms with van der Waals surface area (Å²) >= 11 is 0. The Labute approximate surface area is 152 Å². The van der Waals surface area contributed by atoms with E-state index in [4.69, 9.17) is 0 Å². The van der Waals surface area contributed by atoms with Crippen LogP contribution in [0.3, 0.4) is 0 Å². The van der Waals surface area contributed by atoms with E-state index in [0.717, 1.165) is 19.4 Å². The second-order valence-electron chi connectivity index (χ2n) is 6.88. The number of para-hydroxylation sites is 2. The Balaban J connectivity index is 1.64. The molecule has 126 valence electrons. The van der Waals surface area contributed by atoms with Gasteiger partial charge in [0.1, 0.15) is 12.1 Å². The first-order valence-electron chi connectivity index (χ1n) is 9.26. The molecule has 0 fully saturated rings. The number of nitrogens with one attached hydrogen (secondary N) is 1. The fraction of sp³-hybridized carbons (Fsp3) is 0.125. The number of rotatable bonds is 4. The van der Waals surface area contributed by atoms with Gasteiger partial charge in [0.15, 0.2) is 0 Å². The number of aryl methyl sites for hydroxylation is 2. The van der Waals surface area contributed by atoms with E-state index < -0.39 is 0 Å². The second kappa shape index (κ2) is 6.30. The Kier molecular flexibility index (Phi) is 3.67. The van der Waals surface area contributed by atoms with Crippen molar-refractivity contribution in [1.82, 2.24) is 4.98 Å². The maximum Gasteiger partial charge on any atom is 0.238 e. The van der Waals surface area contributed by atoms with E-state index in [1.807, 2.05) is 0 Å². The van der Waals surface area contributed by atoms with Crippen LogP contribution in [0.25, 0.3) is 32.8 Å². The molecule has 0 aliphatic carbocycles. The third-order valence-corrected chi connectivity index (χ3v) is 5.19. The number of aromatic amines is 1. The van der Waals surface area contributed by atoms with Crippen LogP contribution in [-0.4, -0.2) is 4.98 Å². The minimum Gasteiger partial charge on any atom is -0.349 e. The SMILES string of the molecule is c1ccc(CCC[n+]2c3ccccc3cc3[nH]c4ccccc4c32)cc1. The average Bonchev–Trinajstić information content (AvgIpc) is 3.06. The first kappa shape index (κ1) is 15.2. The fourth-order valence-corrected chi connectivity index (χ4v) is 3.99. The summed E-state index contributed by atoms with van der Waals surface area (Å²) in [6, 6.07) is 30.3. The molecule has 2 nitrogen and oxygen atoms in total. The highest BCUT2D eigenvalue weighted by Gasteiger charge is 2.19. The summed E-state index contributed by atoms with van der Waals surface area (Å²) in [4.78, 5) is 3.60. The third kappa shape index (κ3) is 2.55. The average molecular weight is 337 g/mol. The van der Waals surface area contributed by atoms with Crippen molar-refractivity contribution < 1.29 is 4.57 Å². The lowest BCUT2D eigenvalue weighted by molar-refractivity contribution is -0.644. The van der Waals surface area contributed by atoms with E-state index in [0.29, 0.717) is 0 Å². The van der Waals surface area contributed by atoms with Gasteiger partial charge in [-0.2, -0.15) is 4.57 Å². The zero-order valence-electron chi connectivity index (χ0n) is 14.7. The molecule has 3 aromatic carbocycles. The van der Waals surface area contributed by atoms with Crippen LogP contribution in [0.1, 0.15) is 12.0 Å². The molecule has 2 heteroatoms. The number of pyridine rings is 1. The lowest BCUT2D eigenvalue weighted by atomic mass is 10.1. The number of hydrogen-bond acceptors (Lipinski definition) is 0. The van der Waals surface area contributed by atoms with Crippen LogP contribution in [0.5, 0.6) is 0 Å². The van der Waals surface area contributed by atoms with E-state index in [1.165, 1.54) is 38.4 Å². The van der Waals surface area contributed by atoms with Crippen LogP contribution >= 0.6 is 0 Å². The van der Waals surface area contributed by atoms with E-state index in [1.54, 1.807) is 0 Å². The molecule has 0 saturated heterocycles. The Morgan fingerprint density at radius 2 is 1.50 bits per heavy atom. The zero-order valence-corrected chi connectivity index (χ0v) is 14.7. The van der Waals surface area contributed by atoms with Crippen LogP contribution in [0.15, 0.2) is 84.9 Å².